The van der Waals surface area contributed by atoms with E-state index in [1.54, 1.807) is 6.92 Å². The Morgan fingerprint density at radius 3 is 2.00 bits per heavy atom. The first-order chi connectivity index (χ1) is 4.50. The average molecular weight is 148 g/mol. The minimum absolute atomic E-state index is 0.356. The number of rotatable bonds is 1. The van der Waals surface area contributed by atoms with Crippen LogP contribution in [-0.2, 0) is 9.53 Å². The van der Waals surface area contributed by atoms with Crippen molar-refractivity contribution < 1.29 is 19.4 Å². The maximum Gasteiger partial charge on any atom is 0.404 e. The van der Waals surface area contributed by atoms with Crippen molar-refractivity contribution in [3.05, 3.63) is 6.92 Å². The molecule has 5 heteroatoms. The molecule has 0 saturated carbocycles. The molecule has 0 aliphatic heterocycles. The molecule has 0 bridgehead atoms. The molecule has 1 amide bonds. The van der Waals surface area contributed by atoms with Crippen LogP contribution in [0, 0.1) is 6.92 Å². The van der Waals surface area contributed by atoms with E-state index in [9.17, 15) is 4.79 Å². The highest BCUT2D eigenvalue weighted by Gasteiger charge is 1.82. The smallest absolute Gasteiger partial charge is 0.404 e. The summed E-state index contributed by atoms with van der Waals surface area (Å²) >= 11 is 0. The number of amides is 1. The molecule has 5 nitrogen and oxygen atoms in total. The lowest BCUT2D eigenvalue weighted by Gasteiger charge is -1.89. The van der Waals surface area contributed by atoms with Crippen LogP contribution in [0.3, 0.4) is 0 Å². The first kappa shape index (κ1) is 11.5. The first-order valence-corrected chi connectivity index (χ1v) is 2.47. The van der Waals surface area contributed by atoms with Crippen molar-refractivity contribution in [2.24, 2.45) is 5.73 Å². The number of hydrogen-bond donors (Lipinski definition) is 2. The summed E-state index contributed by atoms with van der Waals surface area (Å²) in [5.41, 5.74) is 4.54. The Bertz CT molecular complexity index is 108. The second-order valence-corrected chi connectivity index (χ2v) is 1.15. The molecule has 59 valence electrons. The summed E-state index contributed by atoms with van der Waals surface area (Å²) in [6, 6.07) is 0. The van der Waals surface area contributed by atoms with E-state index in [2.05, 4.69) is 17.4 Å². The summed E-state index contributed by atoms with van der Waals surface area (Å²) in [6.45, 7) is 4.61. The quantitative estimate of drug-likeness (QED) is 0.548. The monoisotopic (exact) mass is 148 g/mol. The fraction of sp³-hybridized carbons (Fsp3) is 0.400. The number of carbonyl (C=O) groups is 2. The van der Waals surface area contributed by atoms with Gasteiger partial charge in [0.1, 0.15) is 0 Å². The SMILES string of the molecule is CCOC(N)=O.[CH2]C(=O)O. The van der Waals surface area contributed by atoms with Gasteiger partial charge in [-0.25, -0.2) is 4.79 Å². The molecular formula is C5H10NO4. The third-order valence-electron chi connectivity index (χ3n) is 0.287. The molecule has 3 N–H and O–H groups in total. The maximum absolute atomic E-state index is 9.60. The third kappa shape index (κ3) is 73.3. The predicted octanol–water partition coefficient (Wildman–Crippen LogP) is 0.00669. The number of carbonyl (C=O) groups excluding carboxylic acids is 1. The van der Waals surface area contributed by atoms with Gasteiger partial charge < -0.3 is 15.6 Å². The summed E-state index contributed by atoms with van der Waals surface area (Å²) in [5, 5.41) is 7.31. The van der Waals surface area contributed by atoms with Crippen LogP contribution >= 0.6 is 0 Å². The standard InChI is InChI=1S/C3H7NO2.C2H3O2/c1-2-6-3(4)5;1-2(3)4/h2H2,1H3,(H2,4,5);1H2,(H,3,4). The van der Waals surface area contributed by atoms with Crippen molar-refractivity contribution in [2.45, 2.75) is 6.92 Å². The van der Waals surface area contributed by atoms with Gasteiger partial charge >= 0.3 is 12.1 Å². The van der Waals surface area contributed by atoms with Gasteiger partial charge in [-0.2, -0.15) is 0 Å². The van der Waals surface area contributed by atoms with Gasteiger partial charge in [-0.15, -0.1) is 0 Å². The van der Waals surface area contributed by atoms with Crippen LogP contribution in [0.25, 0.3) is 0 Å². The van der Waals surface area contributed by atoms with Crippen molar-refractivity contribution in [3.8, 4) is 0 Å². The zero-order valence-corrected chi connectivity index (χ0v) is 5.66. The lowest BCUT2D eigenvalue weighted by atomic mass is 10.9. The number of carboxylic acid groups (broad SMARTS) is 1. The van der Waals surface area contributed by atoms with Gasteiger partial charge in [-0.3, -0.25) is 4.79 Å². The second kappa shape index (κ2) is 7.74. The zero-order valence-electron chi connectivity index (χ0n) is 5.66. The molecule has 0 aromatic carbocycles. The Balaban J connectivity index is 0. The third-order valence-corrected chi connectivity index (χ3v) is 0.287. The molecule has 0 spiro atoms. The van der Waals surface area contributed by atoms with Gasteiger partial charge in [0.15, 0.2) is 0 Å². The molecule has 10 heavy (non-hydrogen) atoms. The fourth-order valence-corrected chi connectivity index (χ4v) is 0.142. The molecule has 0 aliphatic rings. The van der Waals surface area contributed by atoms with Crippen LogP contribution < -0.4 is 5.73 Å². The van der Waals surface area contributed by atoms with Crippen LogP contribution in [0.2, 0.25) is 0 Å². The highest BCUT2D eigenvalue weighted by molar-refractivity contribution is 5.71. The Hall–Kier alpha value is -1.26. The van der Waals surface area contributed by atoms with E-state index in [-0.39, 0.29) is 0 Å². The molecule has 1 radical (unpaired) electrons. The lowest BCUT2D eigenvalue weighted by Crippen LogP contribution is -2.11. The van der Waals surface area contributed by atoms with Crippen molar-refractivity contribution in [3.63, 3.8) is 0 Å². The number of carboxylic acids is 1. The Morgan fingerprint density at radius 2 is 2.00 bits per heavy atom. The van der Waals surface area contributed by atoms with E-state index in [0.29, 0.717) is 6.61 Å². The Labute approximate surface area is 58.8 Å². The molecule has 0 rings (SSSR count). The van der Waals surface area contributed by atoms with E-state index in [4.69, 9.17) is 9.90 Å². The van der Waals surface area contributed by atoms with Gasteiger partial charge in [-0.1, -0.05) is 0 Å². The van der Waals surface area contributed by atoms with E-state index in [0.717, 1.165) is 0 Å². The zero-order chi connectivity index (χ0) is 8.57. The summed E-state index contributed by atoms with van der Waals surface area (Å²) in [4.78, 5) is 18.5. The van der Waals surface area contributed by atoms with Crippen LogP contribution in [0.4, 0.5) is 4.79 Å². The van der Waals surface area contributed by atoms with Gasteiger partial charge in [0.05, 0.1) is 13.5 Å². The summed E-state index contributed by atoms with van der Waals surface area (Å²) in [7, 11) is 0. The summed E-state index contributed by atoms with van der Waals surface area (Å²) in [6.07, 6.45) is -0.711. The highest BCUT2D eigenvalue weighted by atomic mass is 16.5. The normalized spacial score (nSPS) is 7.00. The van der Waals surface area contributed by atoms with E-state index < -0.39 is 12.1 Å². The van der Waals surface area contributed by atoms with Gasteiger partial charge in [-0.05, 0) is 6.92 Å². The second-order valence-electron chi connectivity index (χ2n) is 1.15. The number of ether oxygens (including phenoxy) is 1. The molecule has 0 fully saturated rings. The molecule has 0 aromatic rings. The van der Waals surface area contributed by atoms with Gasteiger partial charge in [0.2, 0.25) is 0 Å². The van der Waals surface area contributed by atoms with Gasteiger partial charge in [0, 0.05) is 0 Å². The maximum atomic E-state index is 9.60. The molecule has 0 heterocycles. The Kier molecular flexibility index (Phi) is 8.92. The largest absolute Gasteiger partial charge is 0.481 e. The first-order valence-electron chi connectivity index (χ1n) is 2.47. The van der Waals surface area contributed by atoms with Crippen LogP contribution in [0.1, 0.15) is 6.92 Å². The van der Waals surface area contributed by atoms with Crippen molar-refractivity contribution >= 4 is 12.1 Å². The van der Waals surface area contributed by atoms with Gasteiger partial charge in [0.25, 0.3) is 0 Å². The number of aliphatic carboxylic acids is 1. The average Bonchev–Trinajstić information content (AvgIpc) is 1.62. The van der Waals surface area contributed by atoms with Crippen molar-refractivity contribution in [1.29, 1.82) is 0 Å². The minimum Gasteiger partial charge on any atom is -0.481 e. The predicted molar refractivity (Wildman–Crippen MR) is 34.2 cm³/mol. The topological polar surface area (TPSA) is 89.6 Å². The van der Waals surface area contributed by atoms with E-state index in [1.807, 2.05) is 0 Å². The number of primary amides is 1. The van der Waals surface area contributed by atoms with Crippen molar-refractivity contribution in [2.75, 3.05) is 6.61 Å². The minimum atomic E-state index is -1.08. The number of hydrogen-bond acceptors (Lipinski definition) is 3. The van der Waals surface area contributed by atoms with E-state index >= 15 is 0 Å². The molecule has 0 aliphatic carbocycles. The highest BCUT2D eigenvalue weighted by Crippen LogP contribution is 1.66. The van der Waals surface area contributed by atoms with Crippen LogP contribution in [0.5, 0.6) is 0 Å². The Morgan fingerprint density at radius 1 is 1.70 bits per heavy atom. The van der Waals surface area contributed by atoms with E-state index in [1.165, 1.54) is 0 Å². The molecular weight excluding hydrogens is 138 g/mol. The number of nitrogens with two attached hydrogens (primary N) is 1. The van der Waals surface area contributed by atoms with Crippen molar-refractivity contribution in [1.82, 2.24) is 0 Å². The summed E-state index contributed by atoms with van der Waals surface area (Å²) < 4.78 is 4.18. The summed E-state index contributed by atoms with van der Waals surface area (Å²) in [5.74, 6) is -1.08. The van der Waals surface area contributed by atoms with Crippen LogP contribution in [0.15, 0.2) is 0 Å². The molecule has 0 aromatic heterocycles. The fourth-order valence-electron chi connectivity index (χ4n) is 0.142. The van der Waals surface area contributed by atoms with Crippen LogP contribution in [-0.4, -0.2) is 23.8 Å². The molecule has 0 saturated heterocycles. The molecule has 0 unspecified atom stereocenters. The molecule has 0 atom stereocenters. The lowest BCUT2D eigenvalue weighted by molar-refractivity contribution is -0.131.